The second-order valence-electron chi connectivity index (χ2n) is 4.51. The highest BCUT2D eigenvalue weighted by Gasteiger charge is 2.09. The number of rotatable bonds is 5. The molecule has 0 atom stereocenters. The number of carbonyl (C=O) groups excluding carboxylic acids is 2. The van der Waals surface area contributed by atoms with Crippen molar-refractivity contribution < 1.29 is 23.5 Å². The molecule has 1 aromatic rings. The van der Waals surface area contributed by atoms with Gasteiger partial charge in [-0.05, 0) is 43.2 Å². The predicted octanol–water partition coefficient (Wildman–Crippen LogP) is 2.64. The van der Waals surface area contributed by atoms with Gasteiger partial charge in [-0.15, -0.1) is 0 Å². The number of ether oxygens (including phenoxy) is 2. The molecule has 0 aliphatic heterocycles. The number of benzene rings is 1. The van der Waals surface area contributed by atoms with Crippen LogP contribution in [-0.4, -0.2) is 26.2 Å². The molecule has 1 rings (SSSR count). The Balaban J connectivity index is 3.06. The van der Waals surface area contributed by atoms with E-state index in [1.54, 1.807) is 13.8 Å². The fourth-order valence-corrected chi connectivity index (χ4v) is 1.81. The Hall–Kier alpha value is -2.63. The minimum atomic E-state index is -0.620. The van der Waals surface area contributed by atoms with E-state index in [0.29, 0.717) is 16.8 Å². The van der Waals surface area contributed by atoms with Crippen LogP contribution in [0.2, 0.25) is 0 Å². The van der Waals surface area contributed by atoms with Crippen molar-refractivity contribution in [1.82, 2.24) is 0 Å². The zero-order valence-electron chi connectivity index (χ0n) is 12.9. The molecular formula is C16H18FNO4. The molecule has 0 radical (unpaired) electrons. The lowest BCUT2D eigenvalue weighted by Gasteiger charge is -2.10. The van der Waals surface area contributed by atoms with Gasteiger partial charge < -0.3 is 14.8 Å². The number of hydrogen-bond acceptors (Lipinski definition) is 5. The smallest absolute Gasteiger partial charge is 0.339 e. The molecule has 0 unspecified atom stereocenters. The van der Waals surface area contributed by atoms with Crippen molar-refractivity contribution in [1.29, 1.82) is 0 Å². The van der Waals surface area contributed by atoms with Gasteiger partial charge in [0, 0.05) is 18.0 Å². The van der Waals surface area contributed by atoms with Crippen molar-refractivity contribution in [3.8, 4) is 0 Å². The van der Waals surface area contributed by atoms with Crippen molar-refractivity contribution in [3.63, 3.8) is 0 Å². The van der Waals surface area contributed by atoms with E-state index >= 15 is 0 Å². The van der Waals surface area contributed by atoms with Gasteiger partial charge in [0.05, 0.1) is 19.8 Å². The van der Waals surface area contributed by atoms with Crippen molar-refractivity contribution in [3.05, 3.63) is 53.0 Å². The standard InChI is InChI=1S/C16H18FNO4/c1-10-7-13(17)8-11(2)15(10)18-9-12(16(20)22-4)5-6-14(19)21-3/h5-9,18H,1-4H3/b6-5+,12-9-. The fourth-order valence-electron chi connectivity index (χ4n) is 1.81. The Kier molecular flexibility index (Phi) is 6.31. The first-order chi connectivity index (χ1) is 10.4. The summed E-state index contributed by atoms with van der Waals surface area (Å²) in [5, 5.41) is 2.93. The molecular weight excluding hydrogens is 289 g/mol. The second kappa shape index (κ2) is 7.97. The minimum absolute atomic E-state index is 0.121. The number of esters is 2. The van der Waals surface area contributed by atoms with Crippen LogP contribution in [0.25, 0.3) is 0 Å². The molecule has 0 saturated carbocycles. The largest absolute Gasteiger partial charge is 0.466 e. The van der Waals surface area contributed by atoms with Gasteiger partial charge in [-0.3, -0.25) is 0 Å². The summed E-state index contributed by atoms with van der Waals surface area (Å²) in [7, 11) is 2.47. The molecule has 22 heavy (non-hydrogen) atoms. The zero-order chi connectivity index (χ0) is 16.7. The van der Waals surface area contributed by atoms with Crippen LogP contribution in [0, 0.1) is 19.7 Å². The summed E-state index contributed by atoms with van der Waals surface area (Å²) >= 11 is 0. The van der Waals surface area contributed by atoms with E-state index in [9.17, 15) is 14.0 Å². The van der Waals surface area contributed by atoms with Gasteiger partial charge in [0.25, 0.3) is 0 Å². The Morgan fingerprint density at radius 3 is 2.18 bits per heavy atom. The number of nitrogens with one attached hydrogen (secondary N) is 1. The summed E-state index contributed by atoms with van der Waals surface area (Å²) in [4.78, 5) is 22.8. The van der Waals surface area contributed by atoms with E-state index < -0.39 is 11.9 Å². The van der Waals surface area contributed by atoms with Crippen molar-refractivity contribution in [2.75, 3.05) is 19.5 Å². The van der Waals surface area contributed by atoms with Crippen LogP contribution in [0.1, 0.15) is 11.1 Å². The first-order valence-corrected chi connectivity index (χ1v) is 6.46. The van der Waals surface area contributed by atoms with Crippen LogP contribution in [-0.2, 0) is 19.1 Å². The van der Waals surface area contributed by atoms with E-state index in [1.807, 2.05) is 0 Å². The van der Waals surface area contributed by atoms with Crippen LogP contribution in [0.15, 0.2) is 36.1 Å². The molecule has 0 aromatic heterocycles. The second-order valence-corrected chi connectivity index (χ2v) is 4.51. The summed E-state index contributed by atoms with van der Waals surface area (Å²) in [6.45, 7) is 3.49. The van der Waals surface area contributed by atoms with E-state index in [1.165, 1.54) is 38.6 Å². The Morgan fingerprint density at radius 1 is 1.09 bits per heavy atom. The normalized spacial score (nSPS) is 11.4. The molecule has 1 N–H and O–H groups in total. The monoisotopic (exact) mass is 307 g/mol. The van der Waals surface area contributed by atoms with Crippen LogP contribution in [0.5, 0.6) is 0 Å². The molecule has 6 heteroatoms. The Morgan fingerprint density at radius 2 is 1.68 bits per heavy atom. The zero-order valence-corrected chi connectivity index (χ0v) is 12.9. The van der Waals surface area contributed by atoms with Gasteiger partial charge in [0.2, 0.25) is 0 Å². The first kappa shape index (κ1) is 17.4. The lowest BCUT2D eigenvalue weighted by atomic mass is 10.1. The number of anilines is 1. The summed E-state index contributed by atoms with van der Waals surface area (Å²) in [6.07, 6.45) is 3.77. The lowest BCUT2D eigenvalue weighted by Crippen LogP contribution is -2.07. The number of aryl methyl sites for hydroxylation is 2. The molecule has 0 spiro atoms. The molecule has 0 bridgehead atoms. The third-order valence-corrected chi connectivity index (χ3v) is 2.89. The highest BCUT2D eigenvalue weighted by molar-refractivity contribution is 5.94. The van der Waals surface area contributed by atoms with E-state index in [4.69, 9.17) is 0 Å². The maximum atomic E-state index is 13.3. The molecule has 0 aliphatic rings. The average Bonchev–Trinajstić information content (AvgIpc) is 2.47. The third-order valence-electron chi connectivity index (χ3n) is 2.89. The molecule has 1 aromatic carbocycles. The van der Waals surface area contributed by atoms with Gasteiger partial charge in [-0.2, -0.15) is 0 Å². The van der Waals surface area contributed by atoms with Gasteiger partial charge in [-0.1, -0.05) is 0 Å². The summed E-state index contributed by atoms with van der Waals surface area (Å²) in [5.41, 5.74) is 2.18. The van der Waals surface area contributed by atoms with E-state index in [2.05, 4.69) is 14.8 Å². The topological polar surface area (TPSA) is 64.6 Å². The Bertz CT molecular complexity index is 612. The lowest BCUT2D eigenvalue weighted by molar-refractivity contribution is -0.135. The molecule has 0 aliphatic carbocycles. The van der Waals surface area contributed by atoms with Gasteiger partial charge >= 0.3 is 11.9 Å². The fraction of sp³-hybridized carbons (Fsp3) is 0.250. The maximum absolute atomic E-state index is 13.3. The summed E-state index contributed by atoms with van der Waals surface area (Å²) in [5.74, 6) is -1.54. The highest BCUT2D eigenvalue weighted by atomic mass is 19.1. The van der Waals surface area contributed by atoms with Gasteiger partial charge in [-0.25, -0.2) is 14.0 Å². The number of halogens is 1. The third kappa shape index (κ3) is 4.73. The molecule has 118 valence electrons. The molecule has 0 amide bonds. The molecule has 5 nitrogen and oxygen atoms in total. The van der Waals surface area contributed by atoms with Gasteiger partial charge in [0.1, 0.15) is 5.82 Å². The number of carbonyl (C=O) groups is 2. The first-order valence-electron chi connectivity index (χ1n) is 6.46. The predicted molar refractivity (Wildman–Crippen MR) is 80.8 cm³/mol. The van der Waals surface area contributed by atoms with Crippen LogP contribution < -0.4 is 5.32 Å². The van der Waals surface area contributed by atoms with Crippen molar-refractivity contribution >= 4 is 17.6 Å². The van der Waals surface area contributed by atoms with Crippen LogP contribution in [0.3, 0.4) is 0 Å². The minimum Gasteiger partial charge on any atom is -0.466 e. The summed E-state index contributed by atoms with van der Waals surface area (Å²) in [6, 6.07) is 2.76. The van der Waals surface area contributed by atoms with Gasteiger partial charge in [0.15, 0.2) is 0 Å². The van der Waals surface area contributed by atoms with Crippen LogP contribution in [0.4, 0.5) is 10.1 Å². The number of hydrogen-bond donors (Lipinski definition) is 1. The average molecular weight is 307 g/mol. The molecule has 0 saturated heterocycles. The van der Waals surface area contributed by atoms with E-state index in [-0.39, 0.29) is 11.4 Å². The molecule has 0 heterocycles. The Labute approximate surface area is 128 Å². The molecule has 0 fully saturated rings. The quantitative estimate of drug-likeness (QED) is 0.515. The highest BCUT2D eigenvalue weighted by Crippen LogP contribution is 2.22. The van der Waals surface area contributed by atoms with Crippen molar-refractivity contribution in [2.24, 2.45) is 0 Å². The van der Waals surface area contributed by atoms with E-state index in [0.717, 1.165) is 6.08 Å². The van der Waals surface area contributed by atoms with Crippen LogP contribution >= 0.6 is 0 Å². The summed E-state index contributed by atoms with van der Waals surface area (Å²) < 4.78 is 22.4. The SMILES string of the molecule is COC(=O)/C=C/C(=C/Nc1c(C)cc(F)cc1C)C(=O)OC. The van der Waals surface area contributed by atoms with Crippen molar-refractivity contribution in [2.45, 2.75) is 13.8 Å². The number of methoxy groups -OCH3 is 2. The maximum Gasteiger partial charge on any atom is 0.339 e.